The Morgan fingerprint density at radius 2 is 1.79 bits per heavy atom. The molecule has 1 aliphatic heterocycles. The Morgan fingerprint density at radius 1 is 1.06 bits per heavy atom. The number of carbonyl (C=O) groups excluding carboxylic acids is 1. The van der Waals surface area contributed by atoms with E-state index in [1.807, 2.05) is 28.2 Å². The average molecular weight is 474 g/mol. The smallest absolute Gasteiger partial charge is 0.336 e. The number of carbonyl (C=O) groups is 2. The number of nitrogens with zero attached hydrogens (tertiary/aromatic N) is 2. The van der Waals surface area contributed by atoms with E-state index in [1.54, 1.807) is 6.07 Å². The average Bonchev–Trinajstić information content (AvgIpc) is 2.79. The summed E-state index contributed by atoms with van der Waals surface area (Å²) in [6.07, 6.45) is 6.39. The lowest BCUT2D eigenvalue weighted by Gasteiger charge is -2.38. The molecule has 0 bridgehead atoms. The second-order valence-electron chi connectivity index (χ2n) is 9.48. The Morgan fingerprint density at radius 3 is 2.41 bits per heavy atom. The largest absolute Gasteiger partial charge is 0.478 e. The number of ether oxygens (including phenoxy) is 1. The first-order valence-electron chi connectivity index (χ1n) is 11.1. The SMILES string of the molecule is CN(C)c1ccc2c(c1)[Si](C)(C)C1=CC(=[N+](C)C)C=CC1=C2c1cc(OC=O)ccc1C(=O)O. The second kappa shape index (κ2) is 8.57. The molecule has 1 aliphatic carbocycles. The van der Waals surface area contributed by atoms with E-state index in [4.69, 9.17) is 4.74 Å². The fourth-order valence-electron chi connectivity index (χ4n) is 4.72. The summed E-state index contributed by atoms with van der Waals surface area (Å²) in [6.45, 7) is 5.03. The maximum absolute atomic E-state index is 12.2. The van der Waals surface area contributed by atoms with Gasteiger partial charge in [-0.1, -0.05) is 19.2 Å². The number of aromatic carboxylic acids is 1. The van der Waals surface area contributed by atoms with Gasteiger partial charge in [0.15, 0.2) is 5.71 Å². The summed E-state index contributed by atoms with van der Waals surface area (Å²) in [5.41, 5.74) is 5.80. The van der Waals surface area contributed by atoms with Crippen LogP contribution in [0, 0.1) is 0 Å². The van der Waals surface area contributed by atoms with Crippen molar-refractivity contribution in [2.24, 2.45) is 0 Å². The van der Waals surface area contributed by atoms with Crippen LogP contribution in [-0.2, 0) is 4.79 Å². The lowest BCUT2D eigenvalue weighted by Crippen LogP contribution is -2.49. The zero-order valence-electron chi connectivity index (χ0n) is 20.3. The Balaban J connectivity index is 2.14. The normalized spacial score (nSPS) is 15.8. The number of hydrogen-bond acceptors (Lipinski definition) is 4. The molecule has 0 aromatic heterocycles. The Bertz CT molecular complexity index is 1340. The van der Waals surface area contributed by atoms with Gasteiger partial charge < -0.3 is 14.7 Å². The summed E-state index contributed by atoms with van der Waals surface area (Å²) in [6, 6.07) is 11.1. The van der Waals surface area contributed by atoms with Gasteiger partial charge >= 0.3 is 5.97 Å². The third kappa shape index (κ3) is 3.82. The van der Waals surface area contributed by atoms with E-state index >= 15 is 0 Å². The predicted molar refractivity (Wildman–Crippen MR) is 138 cm³/mol. The van der Waals surface area contributed by atoms with Gasteiger partial charge in [0.1, 0.15) is 27.9 Å². The van der Waals surface area contributed by atoms with Crippen molar-refractivity contribution < 1.29 is 24.0 Å². The molecular formula is C27H29N2O4Si+. The molecule has 7 heteroatoms. The molecule has 2 aromatic rings. The Kier molecular flexibility index (Phi) is 5.91. The van der Waals surface area contributed by atoms with E-state index in [0.717, 1.165) is 28.1 Å². The number of anilines is 1. The van der Waals surface area contributed by atoms with Crippen molar-refractivity contribution in [1.29, 1.82) is 0 Å². The third-order valence-electron chi connectivity index (χ3n) is 6.60. The molecule has 0 spiro atoms. The van der Waals surface area contributed by atoms with Crippen LogP contribution in [0.5, 0.6) is 5.75 Å². The number of fused-ring (bicyclic) bond motifs is 2. The highest BCUT2D eigenvalue weighted by molar-refractivity contribution is 6.98. The monoisotopic (exact) mass is 473 g/mol. The van der Waals surface area contributed by atoms with Crippen molar-refractivity contribution in [3.05, 3.63) is 82.1 Å². The number of rotatable bonds is 5. The van der Waals surface area contributed by atoms with Gasteiger partial charge in [0, 0.05) is 37.5 Å². The van der Waals surface area contributed by atoms with Gasteiger partial charge in [0.25, 0.3) is 6.47 Å². The lowest BCUT2D eigenvalue weighted by molar-refractivity contribution is -0.462. The molecule has 0 saturated heterocycles. The Hall–Kier alpha value is -3.71. The lowest BCUT2D eigenvalue weighted by atomic mass is 9.87. The molecule has 1 N–H and O–H groups in total. The third-order valence-corrected chi connectivity index (χ3v) is 10.1. The van der Waals surface area contributed by atoms with E-state index in [1.165, 1.54) is 22.5 Å². The second-order valence-corrected chi connectivity index (χ2v) is 13.8. The standard InChI is InChI=1S/C27H28N2O4Si/c1-28(2)17-7-10-21-24(13-17)34(5,6)25-14-18(29(3)4)8-11-22(25)26(21)23-15-19(33-16-30)9-12-20(23)27(31)32/h7-16H,1-6H3/p+1. The van der Waals surface area contributed by atoms with Gasteiger partial charge in [0.2, 0.25) is 0 Å². The molecule has 1 heterocycles. The van der Waals surface area contributed by atoms with E-state index < -0.39 is 14.0 Å². The molecule has 0 fully saturated rings. The van der Waals surface area contributed by atoms with Crippen LogP contribution in [0.25, 0.3) is 5.57 Å². The van der Waals surface area contributed by atoms with Crippen LogP contribution in [0.15, 0.2) is 65.4 Å². The minimum atomic E-state index is -2.14. The number of carboxylic acid groups (broad SMARTS) is 1. The maximum Gasteiger partial charge on any atom is 0.336 e. The van der Waals surface area contributed by atoms with Crippen molar-refractivity contribution in [1.82, 2.24) is 0 Å². The van der Waals surface area contributed by atoms with Gasteiger partial charge in [-0.2, -0.15) is 0 Å². The summed E-state index contributed by atoms with van der Waals surface area (Å²) < 4.78 is 7.18. The van der Waals surface area contributed by atoms with E-state index in [9.17, 15) is 14.7 Å². The predicted octanol–water partition coefficient (Wildman–Crippen LogP) is 3.47. The van der Waals surface area contributed by atoms with Crippen LogP contribution in [-0.4, -0.2) is 64.1 Å². The van der Waals surface area contributed by atoms with Crippen molar-refractivity contribution in [2.45, 2.75) is 13.1 Å². The maximum atomic E-state index is 12.2. The van der Waals surface area contributed by atoms with Crippen molar-refractivity contribution in [2.75, 3.05) is 33.1 Å². The number of allylic oxidation sites excluding steroid dienone is 5. The zero-order valence-corrected chi connectivity index (χ0v) is 21.3. The summed E-state index contributed by atoms with van der Waals surface area (Å²) in [4.78, 5) is 25.3. The number of carboxylic acids is 1. The molecule has 0 unspecified atom stereocenters. The molecule has 0 radical (unpaired) electrons. The summed E-state index contributed by atoms with van der Waals surface area (Å²) >= 11 is 0. The summed E-state index contributed by atoms with van der Waals surface area (Å²) in [7, 11) is 5.93. The van der Waals surface area contributed by atoms with E-state index in [0.29, 0.717) is 17.8 Å². The first kappa shape index (κ1) is 23.4. The molecule has 4 rings (SSSR count). The summed E-state index contributed by atoms with van der Waals surface area (Å²) in [5.74, 6) is -0.720. The van der Waals surface area contributed by atoms with Gasteiger partial charge in [-0.15, -0.1) is 0 Å². The summed E-state index contributed by atoms with van der Waals surface area (Å²) in [5, 5.41) is 12.5. The molecule has 174 valence electrons. The minimum absolute atomic E-state index is 0.167. The number of benzene rings is 2. The molecule has 6 nitrogen and oxygen atoms in total. The zero-order chi connectivity index (χ0) is 24.8. The van der Waals surface area contributed by atoms with Gasteiger partial charge in [-0.05, 0) is 63.5 Å². The Labute approximate surface area is 200 Å². The van der Waals surface area contributed by atoms with E-state index in [2.05, 4.69) is 59.0 Å². The molecule has 0 atom stereocenters. The van der Waals surface area contributed by atoms with Crippen LogP contribution >= 0.6 is 0 Å². The van der Waals surface area contributed by atoms with Crippen molar-refractivity contribution in [3.8, 4) is 5.75 Å². The quantitative estimate of drug-likeness (QED) is 0.409. The van der Waals surface area contributed by atoms with Crippen molar-refractivity contribution >= 4 is 42.7 Å². The van der Waals surface area contributed by atoms with E-state index in [-0.39, 0.29) is 5.56 Å². The van der Waals surface area contributed by atoms with Crippen LogP contribution in [0.2, 0.25) is 13.1 Å². The topological polar surface area (TPSA) is 69.8 Å². The highest BCUT2D eigenvalue weighted by atomic mass is 28.3. The van der Waals surface area contributed by atoms with Crippen LogP contribution in [0.1, 0.15) is 21.5 Å². The van der Waals surface area contributed by atoms with Crippen LogP contribution in [0.4, 0.5) is 5.69 Å². The molecule has 34 heavy (non-hydrogen) atoms. The molecular weight excluding hydrogens is 444 g/mol. The molecule has 2 aliphatic rings. The highest BCUT2D eigenvalue weighted by Crippen LogP contribution is 2.43. The van der Waals surface area contributed by atoms with Gasteiger partial charge in [0.05, 0.1) is 5.56 Å². The van der Waals surface area contributed by atoms with Crippen LogP contribution in [0.3, 0.4) is 0 Å². The first-order valence-corrected chi connectivity index (χ1v) is 14.1. The van der Waals surface area contributed by atoms with Gasteiger partial charge in [-0.25, -0.2) is 9.37 Å². The first-order chi connectivity index (χ1) is 16.1. The van der Waals surface area contributed by atoms with Crippen LogP contribution < -0.4 is 14.8 Å². The van der Waals surface area contributed by atoms with Gasteiger partial charge in [-0.3, -0.25) is 4.79 Å². The molecule has 0 saturated carbocycles. The molecule has 2 aromatic carbocycles. The fourth-order valence-corrected chi connectivity index (χ4v) is 7.79. The number of hydrogen-bond donors (Lipinski definition) is 1. The highest BCUT2D eigenvalue weighted by Gasteiger charge is 2.41. The van der Waals surface area contributed by atoms with Crippen molar-refractivity contribution in [3.63, 3.8) is 0 Å². The minimum Gasteiger partial charge on any atom is -0.478 e. The molecule has 0 amide bonds. The fraction of sp³-hybridized carbons (Fsp3) is 0.222.